The van der Waals surface area contributed by atoms with Crippen molar-refractivity contribution >= 4 is 23.2 Å². The maximum Gasteiger partial charge on any atom is 0.274 e. The summed E-state index contributed by atoms with van der Waals surface area (Å²) >= 11 is 5.75. The Morgan fingerprint density at radius 2 is 2.14 bits per heavy atom. The first kappa shape index (κ1) is 14.2. The molecule has 0 aliphatic heterocycles. The minimum absolute atomic E-state index is 0.272. The molecule has 3 aromatic rings. The predicted molar refractivity (Wildman–Crippen MR) is 81.4 cm³/mol. The number of carbonyl (C=O) groups is 1. The predicted octanol–water partition coefficient (Wildman–Crippen LogP) is 2.18. The largest absolute Gasteiger partial charge is 0.319 e. The van der Waals surface area contributed by atoms with Crippen LogP contribution >= 0.6 is 11.6 Å². The molecule has 0 bridgehead atoms. The van der Waals surface area contributed by atoms with Crippen LogP contribution in [0.2, 0.25) is 5.02 Å². The fraction of sp³-hybridized carbons (Fsp3) is 0.0714. The average Bonchev–Trinajstić information content (AvgIpc) is 2.94. The van der Waals surface area contributed by atoms with Crippen molar-refractivity contribution in [1.29, 1.82) is 0 Å². The summed E-state index contributed by atoms with van der Waals surface area (Å²) in [7, 11) is 1.83. The van der Waals surface area contributed by atoms with Crippen LogP contribution in [0.5, 0.6) is 0 Å². The van der Waals surface area contributed by atoms with Gasteiger partial charge in [0.05, 0.1) is 16.9 Å². The molecule has 0 aliphatic rings. The molecule has 3 aromatic heterocycles. The number of hydrogen-bond acceptors (Lipinski definition) is 5. The van der Waals surface area contributed by atoms with E-state index in [1.54, 1.807) is 41.5 Å². The molecule has 0 saturated heterocycles. The normalized spacial score (nSPS) is 10.5. The Bertz CT molecular complexity index is 814. The van der Waals surface area contributed by atoms with Crippen LogP contribution in [-0.2, 0) is 7.05 Å². The monoisotopic (exact) mass is 314 g/mol. The summed E-state index contributed by atoms with van der Waals surface area (Å²) in [6.45, 7) is 0. The Morgan fingerprint density at radius 1 is 1.27 bits per heavy atom. The lowest BCUT2D eigenvalue weighted by molar-refractivity contribution is 0.102. The second-order valence-electron chi connectivity index (χ2n) is 4.54. The molecule has 0 radical (unpaired) electrons. The summed E-state index contributed by atoms with van der Waals surface area (Å²) in [5, 5.41) is 11.0. The first-order valence-corrected chi connectivity index (χ1v) is 6.73. The van der Waals surface area contributed by atoms with E-state index in [1.165, 1.54) is 6.20 Å². The molecular weight excluding hydrogens is 304 g/mol. The summed E-state index contributed by atoms with van der Waals surface area (Å²) in [6.07, 6.45) is 6.22. The molecular formula is C14H11ClN6O. The van der Waals surface area contributed by atoms with Crippen molar-refractivity contribution in [3.8, 4) is 11.4 Å². The molecule has 8 heteroatoms. The number of pyridine rings is 2. The zero-order valence-electron chi connectivity index (χ0n) is 11.6. The van der Waals surface area contributed by atoms with Crippen LogP contribution in [0.3, 0.4) is 0 Å². The molecule has 0 aliphatic carbocycles. The van der Waals surface area contributed by atoms with Crippen LogP contribution < -0.4 is 5.32 Å². The van der Waals surface area contributed by atoms with E-state index in [-0.39, 0.29) is 11.6 Å². The van der Waals surface area contributed by atoms with Gasteiger partial charge < -0.3 is 9.88 Å². The van der Waals surface area contributed by atoms with Gasteiger partial charge >= 0.3 is 0 Å². The summed E-state index contributed by atoms with van der Waals surface area (Å²) in [4.78, 5) is 20.2. The first-order chi connectivity index (χ1) is 10.6. The van der Waals surface area contributed by atoms with Gasteiger partial charge in [-0.15, -0.1) is 10.2 Å². The molecule has 1 amide bonds. The Kier molecular flexibility index (Phi) is 3.80. The van der Waals surface area contributed by atoms with Crippen LogP contribution in [-0.4, -0.2) is 30.6 Å². The Labute approximate surface area is 131 Å². The number of hydrogen-bond donors (Lipinski definition) is 1. The highest BCUT2D eigenvalue weighted by molar-refractivity contribution is 6.30. The van der Waals surface area contributed by atoms with E-state index in [0.717, 1.165) is 5.56 Å². The number of amides is 1. The van der Waals surface area contributed by atoms with Gasteiger partial charge in [-0.25, -0.2) is 4.98 Å². The average molecular weight is 315 g/mol. The molecule has 0 aromatic carbocycles. The maximum absolute atomic E-state index is 12.1. The van der Waals surface area contributed by atoms with Crippen molar-refractivity contribution in [1.82, 2.24) is 24.7 Å². The molecule has 0 fully saturated rings. The molecule has 0 atom stereocenters. The van der Waals surface area contributed by atoms with Gasteiger partial charge in [-0.2, -0.15) is 0 Å². The summed E-state index contributed by atoms with van der Waals surface area (Å²) in [5.41, 5.74) is 1.57. The molecule has 3 rings (SSSR count). The summed E-state index contributed by atoms with van der Waals surface area (Å²) < 4.78 is 1.77. The van der Waals surface area contributed by atoms with Gasteiger partial charge in [0.15, 0.2) is 5.82 Å². The molecule has 0 saturated carbocycles. The van der Waals surface area contributed by atoms with E-state index in [0.29, 0.717) is 16.5 Å². The number of rotatable bonds is 3. The smallest absolute Gasteiger partial charge is 0.274 e. The van der Waals surface area contributed by atoms with Gasteiger partial charge in [0, 0.05) is 25.0 Å². The Morgan fingerprint density at radius 3 is 2.82 bits per heavy atom. The minimum atomic E-state index is -0.339. The summed E-state index contributed by atoms with van der Waals surface area (Å²) in [5.74, 6) is 0.321. The molecule has 3 heterocycles. The molecule has 7 nitrogen and oxygen atoms in total. The molecule has 0 unspecified atom stereocenters. The molecule has 0 spiro atoms. The van der Waals surface area contributed by atoms with E-state index in [1.807, 2.05) is 7.05 Å². The van der Waals surface area contributed by atoms with Crippen LogP contribution in [0, 0.1) is 0 Å². The van der Waals surface area contributed by atoms with E-state index in [2.05, 4.69) is 25.5 Å². The van der Waals surface area contributed by atoms with E-state index >= 15 is 0 Å². The second kappa shape index (κ2) is 5.90. The lowest BCUT2D eigenvalue weighted by Gasteiger charge is -2.06. The number of anilines is 1. The van der Waals surface area contributed by atoms with Crippen LogP contribution in [0.4, 0.5) is 5.69 Å². The van der Waals surface area contributed by atoms with Gasteiger partial charge in [-0.1, -0.05) is 11.6 Å². The number of halogens is 1. The van der Waals surface area contributed by atoms with Crippen molar-refractivity contribution in [2.24, 2.45) is 7.05 Å². The van der Waals surface area contributed by atoms with Crippen LogP contribution in [0.15, 0.2) is 43.1 Å². The quantitative estimate of drug-likeness (QED) is 0.800. The molecule has 110 valence electrons. The van der Waals surface area contributed by atoms with E-state index in [9.17, 15) is 4.79 Å². The number of nitrogens with zero attached hydrogens (tertiary/aromatic N) is 5. The third-order valence-electron chi connectivity index (χ3n) is 2.93. The van der Waals surface area contributed by atoms with Gasteiger partial charge in [0.2, 0.25) is 0 Å². The lowest BCUT2D eigenvalue weighted by Crippen LogP contribution is -2.13. The maximum atomic E-state index is 12.1. The van der Waals surface area contributed by atoms with Crippen molar-refractivity contribution in [3.05, 3.63) is 53.8 Å². The van der Waals surface area contributed by atoms with Gasteiger partial charge in [-0.05, 0) is 18.2 Å². The second-order valence-corrected chi connectivity index (χ2v) is 4.98. The number of aryl methyl sites for hydroxylation is 1. The Hall–Kier alpha value is -2.80. The Balaban J connectivity index is 1.82. The third kappa shape index (κ3) is 2.94. The standard InChI is InChI=1S/C14H11ClN6O/c1-21-8-18-20-13(21)9-4-11(7-16-5-9)19-14(22)12-3-2-10(15)6-17-12/h2-8H,1H3,(H,19,22). The topological polar surface area (TPSA) is 85.6 Å². The van der Waals surface area contributed by atoms with Gasteiger partial charge in [0.25, 0.3) is 5.91 Å². The van der Waals surface area contributed by atoms with E-state index in [4.69, 9.17) is 11.6 Å². The first-order valence-electron chi connectivity index (χ1n) is 6.36. The minimum Gasteiger partial charge on any atom is -0.319 e. The zero-order chi connectivity index (χ0) is 15.5. The van der Waals surface area contributed by atoms with Crippen molar-refractivity contribution in [3.63, 3.8) is 0 Å². The highest BCUT2D eigenvalue weighted by atomic mass is 35.5. The fourth-order valence-electron chi connectivity index (χ4n) is 1.88. The fourth-order valence-corrected chi connectivity index (χ4v) is 1.99. The van der Waals surface area contributed by atoms with E-state index < -0.39 is 0 Å². The molecule has 22 heavy (non-hydrogen) atoms. The van der Waals surface area contributed by atoms with Gasteiger partial charge in [-0.3, -0.25) is 9.78 Å². The number of carbonyl (C=O) groups excluding carboxylic acids is 1. The highest BCUT2D eigenvalue weighted by Crippen LogP contribution is 2.19. The van der Waals surface area contributed by atoms with Gasteiger partial charge in [0.1, 0.15) is 12.0 Å². The summed E-state index contributed by atoms with van der Waals surface area (Å²) in [6, 6.07) is 4.93. The van der Waals surface area contributed by atoms with Crippen molar-refractivity contribution < 1.29 is 4.79 Å². The van der Waals surface area contributed by atoms with Crippen molar-refractivity contribution in [2.45, 2.75) is 0 Å². The van der Waals surface area contributed by atoms with Crippen LogP contribution in [0.25, 0.3) is 11.4 Å². The highest BCUT2D eigenvalue weighted by Gasteiger charge is 2.10. The number of aromatic nitrogens is 5. The molecule has 1 N–H and O–H groups in total. The zero-order valence-corrected chi connectivity index (χ0v) is 12.3. The van der Waals surface area contributed by atoms with Crippen molar-refractivity contribution in [2.75, 3.05) is 5.32 Å². The SMILES string of the molecule is Cn1cnnc1-c1cncc(NC(=O)c2ccc(Cl)cn2)c1. The third-order valence-corrected chi connectivity index (χ3v) is 3.15. The lowest BCUT2D eigenvalue weighted by atomic mass is 10.2. The number of nitrogens with one attached hydrogen (secondary N) is 1. The van der Waals surface area contributed by atoms with Crippen LogP contribution in [0.1, 0.15) is 10.5 Å².